The number of ether oxygens (including phenoxy) is 1. The zero-order valence-electron chi connectivity index (χ0n) is 11.2. The third kappa shape index (κ3) is 1.65. The molecule has 1 aromatic heterocycles. The molecule has 4 atom stereocenters. The van der Waals surface area contributed by atoms with E-state index in [-0.39, 0.29) is 5.91 Å². The van der Waals surface area contributed by atoms with Gasteiger partial charge in [-0.25, -0.2) is 0 Å². The summed E-state index contributed by atoms with van der Waals surface area (Å²) in [6, 6.07) is 3.70. The van der Waals surface area contributed by atoms with Crippen LogP contribution in [-0.4, -0.2) is 45.1 Å². The van der Waals surface area contributed by atoms with Gasteiger partial charge in [-0.05, 0) is 17.7 Å². The van der Waals surface area contributed by atoms with Gasteiger partial charge in [0.15, 0.2) is 0 Å². The Kier molecular flexibility index (Phi) is 2.47. The van der Waals surface area contributed by atoms with Gasteiger partial charge in [-0.1, -0.05) is 12.2 Å². The highest BCUT2D eigenvalue weighted by Crippen LogP contribution is 2.52. The van der Waals surface area contributed by atoms with Crippen molar-refractivity contribution in [3.8, 4) is 0 Å². The Labute approximate surface area is 121 Å². The number of aromatic nitrogens is 1. The summed E-state index contributed by atoms with van der Waals surface area (Å²) < 4.78 is 5.83. The third-order valence-electron chi connectivity index (χ3n) is 4.59. The molecule has 1 aromatic rings. The largest absolute Gasteiger partial charge is 0.481 e. The van der Waals surface area contributed by atoms with Gasteiger partial charge in [0.2, 0.25) is 5.91 Å². The molecular formula is C15H14N2O4. The van der Waals surface area contributed by atoms with Crippen molar-refractivity contribution in [2.24, 2.45) is 11.8 Å². The van der Waals surface area contributed by atoms with Crippen LogP contribution in [0.1, 0.15) is 5.56 Å². The maximum absolute atomic E-state index is 12.6. The summed E-state index contributed by atoms with van der Waals surface area (Å²) in [6.45, 7) is 0.864. The normalized spacial score (nSPS) is 36.3. The van der Waals surface area contributed by atoms with E-state index in [2.05, 4.69) is 4.98 Å². The molecule has 2 saturated heterocycles. The van der Waals surface area contributed by atoms with Crippen LogP contribution < -0.4 is 0 Å². The van der Waals surface area contributed by atoms with E-state index >= 15 is 0 Å². The van der Waals surface area contributed by atoms with Gasteiger partial charge in [-0.2, -0.15) is 0 Å². The molecule has 6 heteroatoms. The lowest BCUT2D eigenvalue weighted by atomic mass is 9.77. The van der Waals surface area contributed by atoms with Gasteiger partial charge in [0.25, 0.3) is 0 Å². The number of hydrogen-bond donors (Lipinski definition) is 1. The maximum atomic E-state index is 12.6. The summed E-state index contributed by atoms with van der Waals surface area (Å²) in [5, 5.41) is 9.38. The van der Waals surface area contributed by atoms with Crippen LogP contribution >= 0.6 is 0 Å². The Morgan fingerprint density at radius 2 is 2.24 bits per heavy atom. The highest BCUT2D eigenvalue weighted by atomic mass is 16.5. The first-order valence-corrected chi connectivity index (χ1v) is 6.88. The second-order valence-corrected chi connectivity index (χ2v) is 5.79. The highest BCUT2D eigenvalue weighted by Gasteiger charge is 2.66. The summed E-state index contributed by atoms with van der Waals surface area (Å²) in [4.78, 5) is 29.7. The van der Waals surface area contributed by atoms with Crippen molar-refractivity contribution >= 4 is 11.9 Å². The fourth-order valence-corrected chi connectivity index (χ4v) is 3.70. The topological polar surface area (TPSA) is 79.7 Å². The van der Waals surface area contributed by atoms with Gasteiger partial charge in [-0.3, -0.25) is 14.6 Å². The molecule has 108 valence electrons. The number of carbonyl (C=O) groups excluding carboxylic acids is 1. The van der Waals surface area contributed by atoms with Crippen LogP contribution in [0.5, 0.6) is 0 Å². The number of pyridine rings is 1. The molecule has 3 aliphatic heterocycles. The molecule has 0 aromatic carbocycles. The van der Waals surface area contributed by atoms with E-state index in [9.17, 15) is 14.7 Å². The van der Waals surface area contributed by atoms with Crippen molar-refractivity contribution in [2.45, 2.75) is 18.2 Å². The first-order chi connectivity index (χ1) is 10.1. The molecule has 0 aliphatic carbocycles. The average molecular weight is 286 g/mol. The van der Waals surface area contributed by atoms with Gasteiger partial charge in [-0.15, -0.1) is 0 Å². The molecule has 0 radical (unpaired) electrons. The fourth-order valence-electron chi connectivity index (χ4n) is 3.70. The van der Waals surface area contributed by atoms with Crippen LogP contribution in [-0.2, 0) is 20.9 Å². The van der Waals surface area contributed by atoms with E-state index in [4.69, 9.17) is 4.74 Å². The molecular weight excluding hydrogens is 272 g/mol. The third-order valence-corrected chi connectivity index (χ3v) is 4.59. The number of carboxylic acid groups (broad SMARTS) is 1. The van der Waals surface area contributed by atoms with E-state index in [1.54, 1.807) is 23.4 Å². The zero-order valence-corrected chi connectivity index (χ0v) is 11.2. The predicted molar refractivity (Wildman–Crippen MR) is 71.0 cm³/mol. The fraction of sp³-hybridized carbons (Fsp3) is 0.400. The number of amides is 1. The second-order valence-electron chi connectivity index (χ2n) is 5.79. The first-order valence-electron chi connectivity index (χ1n) is 6.88. The molecule has 6 nitrogen and oxygen atoms in total. The average Bonchev–Trinajstić information content (AvgIpc) is 3.09. The lowest BCUT2D eigenvalue weighted by Crippen LogP contribution is -2.39. The second kappa shape index (κ2) is 4.14. The number of carboxylic acids is 1. The maximum Gasteiger partial charge on any atom is 0.310 e. The lowest BCUT2D eigenvalue weighted by molar-refractivity contribution is -0.148. The number of nitrogens with zero attached hydrogens (tertiary/aromatic N) is 2. The summed E-state index contributed by atoms with van der Waals surface area (Å²) in [5.74, 6) is -2.47. The molecule has 21 heavy (non-hydrogen) atoms. The Hall–Kier alpha value is -2.21. The number of hydrogen-bond acceptors (Lipinski definition) is 4. The molecule has 2 fully saturated rings. The van der Waals surface area contributed by atoms with E-state index in [0.717, 1.165) is 5.56 Å². The van der Waals surface area contributed by atoms with Gasteiger partial charge >= 0.3 is 5.97 Å². The standard InChI is InChI=1S/C15H14N2O4/c18-13-12-11(14(19)20)10-1-4-15(12,21-10)8-17(13)7-9-2-5-16-6-3-9/h1-6,10-12H,7-8H2,(H,19,20)/t10-,11?,12-,15?/m1/s1. The minimum Gasteiger partial charge on any atom is -0.481 e. The molecule has 1 amide bonds. The van der Waals surface area contributed by atoms with Crippen LogP contribution in [0.2, 0.25) is 0 Å². The number of carbonyl (C=O) groups is 2. The van der Waals surface area contributed by atoms with E-state index < -0.39 is 29.5 Å². The van der Waals surface area contributed by atoms with Crippen LogP contribution in [0, 0.1) is 11.8 Å². The van der Waals surface area contributed by atoms with Crippen LogP contribution in [0.25, 0.3) is 0 Å². The number of rotatable bonds is 3. The van der Waals surface area contributed by atoms with E-state index in [1.165, 1.54) is 0 Å². The molecule has 4 rings (SSSR count). The predicted octanol–water partition coefficient (Wildman–Crippen LogP) is 0.448. The summed E-state index contributed by atoms with van der Waals surface area (Å²) in [5.41, 5.74) is 0.220. The van der Waals surface area contributed by atoms with Crippen molar-refractivity contribution in [3.63, 3.8) is 0 Å². The zero-order chi connectivity index (χ0) is 14.6. The van der Waals surface area contributed by atoms with Crippen molar-refractivity contribution in [2.75, 3.05) is 6.54 Å². The molecule has 2 bridgehead atoms. The van der Waals surface area contributed by atoms with Crippen LogP contribution in [0.15, 0.2) is 36.7 Å². The SMILES string of the molecule is O=C(O)C1[C@H]2C=CC3(CN(Cc4ccncc4)C(=O)[C@@H]13)O2. The molecule has 0 saturated carbocycles. The minimum absolute atomic E-state index is 0.133. The van der Waals surface area contributed by atoms with Crippen molar-refractivity contribution in [3.05, 3.63) is 42.2 Å². The monoisotopic (exact) mass is 286 g/mol. The summed E-state index contributed by atoms with van der Waals surface area (Å²) in [7, 11) is 0. The van der Waals surface area contributed by atoms with E-state index in [1.807, 2.05) is 18.2 Å². The number of fused-ring (bicyclic) bond motifs is 1. The van der Waals surface area contributed by atoms with Gasteiger partial charge in [0, 0.05) is 18.9 Å². The van der Waals surface area contributed by atoms with Gasteiger partial charge in [0.1, 0.15) is 11.5 Å². The van der Waals surface area contributed by atoms with Gasteiger partial charge in [0.05, 0.1) is 18.6 Å². The number of aliphatic carboxylic acids is 1. The Bertz CT molecular complexity index is 644. The quantitative estimate of drug-likeness (QED) is 0.816. The van der Waals surface area contributed by atoms with Gasteiger partial charge < -0.3 is 14.7 Å². The summed E-state index contributed by atoms with van der Waals surface area (Å²) in [6.07, 6.45) is 6.53. The molecule has 2 unspecified atom stereocenters. The molecule has 1 N–H and O–H groups in total. The first kappa shape index (κ1) is 12.5. The Morgan fingerprint density at radius 3 is 2.95 bits per heavy atom. The molecule has 3 aliphatic rings. The van der Waals surface area contributed by atoms with Crippen molar-refractivity contribution in [1.29, 1.82) is 0 Å². The molecule has 1 spiro atoms. The number of likely N-dealkylation sites (tertiary alicyclic amines) is 1. The summed E-state index contributed by atoms with van der Waals surface area (Å²) >= 11 is 0. The Morgan fingerprint density at radius 1 is 1.48 bits per heavy atom. The smallest absolute Gasteiger partial charge is 0.310 e. The highest BCUT2D eigenvalue weighted by molar-refractivity contribution is 5.90. The Balaban J connectivity index is 1.63. The van der Waals surface area contributed by atoms with Crippen LogP contribution in [0.3, 0.4) is 0 Å². The van der Waals surface area contributed by atoms with Crippen molar-refractivity contribution < 1.29 is 19.4 Å². The van der Waals surface area contributed by atoms with E-state index in [0.29, 0.717) is 13.1 Å². The minimum atomic E-state index is -0.963. The van der Waals surface area contributed by atoms with Crippen LogP contribution in [0.4, 0.5) is 0 Å². The van der Waals surface area contributed by atoms with Crippen molar-refractivity contribution in [1.82, 2.24) is 9.88 Å². The lowest BCUT2D eigenvalue weighted by Gasteiger charge is -2.21. The molecule has 4 heterocycles.